The zero-order chi connectivity index (χ0) is 19.5. The summed E-state index contributed by atoms with van der Waals surface area (Å²) >= 11 is 0. The molecule has 1 aliphatic rings. The van der Waals surface area contributed by atoms with Crippen LogP contribution >= 0.6 is 0 Å². The van der Waals surface area contributed by atoms with E-state index in [1.807, 2.05) is 24.3 Å². The molecule has 0 aromatic heterocycles. The smallest absolute Gasteiger partial charge is 0.220 e. The molecule has 1 saturated heterocycles. The van der Waals surface area contributed by atoms with E-state index in [0.717, 1.165) is 31.5 Å². The van der Waals surface area contributed by atoms with Gasteiger partial charge in [0.2, 0.25) is 5.91 Å². The molecule has 0 radical (unpaired) electrons. The highest BCUT2D eigenvalue weighted by Crippen LogP contribution is 2.28. The van der Waals surface area contributed by atoms with Crippen molar-refractivity contribution in [1.82, 2.24) is 10.2 Å². The summed E-state index contributed by atoms with van der Waals surface area (Å²) in [5, 5.41) is 14.1. The average molecular weight is 377 g/mol. The lowest BCUT2D eigenvalue weighted by molar-refractivity contribution is -0.123. The molecule has 2 atom stereocenters. The Balaban J connectivity index is 1.98. The summed E-state index contributed by atoms with van der Waals surface area (Å²) in [4.78, 5) is 14.8. The van der Waals surface area contributed by atoms with Crippen molar-refractivity contribution >= 4 is 5.91 Å². The highest BCUT2D eigenvalue weighted by molar-refractivity contribution is 5.76. The maximum Gasteiger partial charge on any atom is 0.220 e. The van der Waals surface area contributed by atoms with Gasteiger partial charge < -0.3 is 20.1 Å². The maximum absolute atomic E-state index is 12.5. The van der Waals surface area contributed by atoms with Crippen molar-refractivity contribution < 1.29 is 14.6 Å². The zero-order valence-corrected chi connectivity index (χ0v) is 17.0. The van der Waals surface area contributed by atoms with Gasteiger partial charge in [0, 0.05) is 18.5 Å². The van der Waals surface area contributed by atoms with E-state index in [4.69, 9.17) is 4.74 Å². The second kappa shape index (κ2) is 12.0. The molecule has 0 saturated carbocycles. The van der Waals surface area contributed by atoms with Crippen LogP contribution in [0.25, 0.3) is 0 Å². The lowest BCUT2D eigenvalue weighted by Gasteiger charge is -2.29. The van der Waals surface area contributed by atoms with Crippen molar-refractivity contribution in [1.29, 1.82) is 0 Å². The topological polar surface area (TPSA) is 61.8 Å². The van der Waals surface area contributed by atoms with E-state index in [1.54, 1.807) is 7.11 Å². The molecule has 27 heavy (non-hydrogen) atoms. The summed E-state index contributed by atoms with van der Waals surface area (Å²) in [7, 11) is 1.61. The molecule has 152 valence electrons. The van der Waals surface area contributed by atoms with Crippen LogP contribution in [-0.4, -0.2) is 48.7 Å². The number of nitrogens with one attached hydrogen (secondary N) is 1. The summed E-state index contributed by atoms with van der Waals surface area (Å²) in [6, 6.07) is 7.17. The van der Waals surface area contributed by atoms with Gasteiger partial charge in [0.05, 0.1) is 13.2 Å². The molecule has 2 rings (SSSR count). The fourth-order valence-corrected chi connectivity index (χ4v) is 3.76. The minimum atomic E-state index is -0.786. The molecule has 0 aliphatic carbocycles. The first-order chi connectivity index (χ1) is 13.2. The van der Waals surface area contributed by atoms with Crippen LogP contribution in [0.2, 0.25) is 0 Å². The summed E-state index contributed by atoms with van der Waals surface area (Å²) in [5.41, 5.74) is 0.729. The molecule has 1 aromatic carbocycles. The molecule has 0 bridgehead atoms. The lowest BCUT2D eigenvalue weighted by Crippen LogP contribution is -2.46. The van der Waals surface area contributed by atoms with Gasteiger partial charge in [0.25, 0.3) is 0 Å². The van der Waals surface area contributed by atoms with Crippen molar-refractivity contribution in [3.05, 3.63) is 29.8 Å². The number of carbonyl (C=O) groups is 1. The number of rotatable bonds is 12. The predicted octanol–water partition coefficient (Wildman–Crippen LogP) is 3.67. The molecule has 5 heteroatoms. The maximum atomic E-state index is 12.5. The van der Waals surface area contributed by atoms with Crippen molar-refractivity contribution in [3.63, 3.8) is 0 Å². The highest BCUT2D eigenvalue weighted by Gasteiger charge is 2.28. The van der Waals surface area contributed by atoms with Gasteiger partial charge in [-0.1, -0.05) is 50.8 Å². The van der Waals surface area contributed by atoms with Crippen LogP contribution < -0.4 is 10.1 Å². The van der Waals surface area contributed by atoms with Crippen LogP contribution in [0, 0.1) is 0 Å². The van der Waals surface area contributed by atoms with Crippen LogP contribution in [0.1, 0.15) is 70.0 Å². The van der Waals surface area contributed by atoms with E-state index in [9.17, 15) is 9.90 Å². The molecule has 1 aliphatic heterocycles. The largest absolute Gasteiger partial charge is 0.496 e. The van der Waals surface area contributed by atoms with Crippen LogP contribution in [0.3, 0.4) is 0 Å². The first-order valence-electron chi connectivity index (χ1n) is 10.5. The number of aliphatic hydroxyl groups excluding tert-OH is 1. The van der Waals surface area contributed by atoms with E-state index >= 15 is 0 Å². The molecular weight excluding hydrogens is 340 g/mol. The minimum absolute atomic E-state index is 0.0321. The molecule has 2 N–H and O–H groups in total. The quantitative estimate of drug-likeness (QED) is 0.547. The monoisotopic (exact) mass is 376 g/mol. The van der Waals surface area contributed by atoms with E-state index in [-0.39, 0.29) is 11.9 Å². The molecule has 1 aromatic rings. The number of benzene rings is 1. The molecule has 5 nitrogen and oxygen atoms in total. The van der Waals surface area contributed by atoms with Crippen molar-refractivity contribution in [3.8, 4) is 5.75 Å². The normalized spacial score (nSPS) is 16.9. The number of likely N-dealkylation sites (tertiary alicyclic amines) is 1. The van der Waals surface area contributed by atoms with Gasteiger partial charge in [0.1, 0.15) is 11.9 Å². The third-order valence-corrected chi connectivity index (χ3v) is 5.35. The third kappa shape index (κ3) is 7.15. The number of aliphatic hydroxyl groups is 1. The summed E-state index contributed by atoms with van der Waals surface area (Å²) in [6.07, 6.45) is 7.72. The third-order valence-electron chi connectivity index (χ3n) is 5.35. The Morgan fingerprint density at radius 2 is 1.89 bits per heavy atom. The second-order valence-electron chi connectivity index (χ2n) is 7.53. The number of amides is 1. The van der Waals surface area contributed by atoms with Gasteiger partial charge in [-0.15, -0.1) is 0 Å². The van der Waals surface area contributed by atoms with Gasteiger partial charge in [-0.25, -0.2) is 0 Å². The molecule has 1 fully saturated rings. The first-order valence-corrected chi connectivity index (χ1v) is 10.5. The lowest BCUT2D eigenvalue weighted by atomic mass is 10.00. The van der Waals surface area contributed by atoms with E-state index in [0.29, 0.717) is 18.7 Å². The Morgan fingerprint density at radius 1 is 1.19 bits per heavy atom. The van der Waals surface area contributed by atoms with E-state index in [1.165, 1.54) is 32.1 Å². The Morgan fingerprint density at radius 3 is 2.59 bits per heavy atom. The number of carbonyl (C=O) groups excluding carboxylic acids is 1. The number of nitrogens with zero attached hydrogens (tertiary/aromatic N) is 1. The first kappa shape index (κ1) is 21.7. The van der Waals surface area contributed by atoms with Crippen LogP contribution in [0.5, 0.6) is 5.75 Å². The highest BCUT2D eigenvalue weighted by atomic mass is 16.5. The van der Waals surface area contributed by atoms with Crippen molar-refractivity contribution in [2.75, 3.05) is 26.7 Å². The number of ether oxygens (including phenoxy) is 1. The number of unbranched alkanes of at least 4 members (excludes halogenated alkanes) is 4. The Labute approximate surface area is 164 Å². The van der Waals surface area contributed by atoms with Crippen LogP contribution in [0.4, 0.5) is 0 Å². The molecule has 1 amide bonds. The fourth-order valence-electron chi connectivity index (χ4n) is 3.76. The molecular formula is C22H36N2O3. The molecule has 0 unspecified atom stereocenters. The zero-order valence-electron chi connectivity index (χ0n) is 17.0. The van der Waals surface area contributed by atoms with Gasteiger partial charge in [-0.05, 0) is 38.4 Å². The fraction of sp³-hybridized carbons (Fsp3) is 0.682. The average Bonchev–Trinajstić information content (AvgIpc) is 3.20. The van der Waals surface area contributed by atoms with Gasteiger partial charge in [-0.2, -0.15) is 0 Å². The van der Waals surface area contributed by atoms with Gasteiger partial charge in [0.15, 0.2) is 0 Å². The summed E-state index contributed by atoms with van der Waals surface area (Å²) in [5.74, 6) is 0.690. The van der Waals surface area contributed by atoms with Crippen molar-refractivity contribution in [2.24, 2.45) is 0 Å². The molecule has 0 spiro atoms. The minimum Gasteiger partial charge on any atom is -0.496 e. The number of hydrogen-bond acceptors (Lipinski definition) is 4. The second-order valence-corrected chi connectivity index (χ2v) is 7.53. The standard InChI is InChI=1S/C22H36N2O3/c1-3-4-5-6-7-14-21(25)23-19(17-24-15-10-11-16-24)22(26)18-12-8-9-13-20(18)27-2/h8-9,12-13,19,22,26H,3-7,10-11,14-17H2,1-2H3,(H,23,25)/t19-,22+/m1/s1. The Bertz CT molecular complexity index is 558. The molecule has 1 heterocycles. The van der Waals surface area contributed by atoms with Gasteiger partial charge in [-0.3, -0.25) is 4.79 Å². The van der Waals surface area contributed by atoms with E-state index < -0.39 is 6.10 Å². The summed E-state index contributed by atoms with van der Waals surface area (Å²) in [6.45, 7) is 4.92. The van der Waals surface area contributed by atoms with Crippen LogP contribution in [0.15, 0.2) is 24.3 Å². The van der Waals surface area contributed by atoms with Crippen LogP contribution in [-0.2, 0) is 4.79 Å². The Kier molecular flexibility index (Phi) is 9.64. The number of hydrogen-bond donors (Lipinski definition) is 2. The predicted molar refractivity (Wildman–Crippen MR) is 109 cm³/mol. The van der Waals surface area contributed by atoms with E-state index in [2.05, 4.69) is 17.1 Å². The van der Waals surface area contributed by atoms with Gasteiger partial charge >= 0.3 is 0 Å². The number of methoxy groups -OCH3 is 1. The SMILES string of the molecule is CCCCCCCC(=O)N[C@H](CN1CCCC1)[C@@H](O)c1ccccc1OC. The summed E-state index contributed by atoms with van der Waals surface area (Å²) < 4.78 is 5.41. The van der Waals surface area contributed by atoms with Crippen molar-refractivity contribution in [2.45, 2.75) is 70.4 Å². The number of para-hydroxylation sites is 1. The Hall–Kier alpha value is -1.59.